The average Bonchev–Trinajstić information content (AvgIpc) is 1.50. The molecule has 5 heavy (non-hydrogen) atoms. The van der Waals surface area contributed by atoms with Crippen LogP contribution >= 0.6 is 0 Å². The molecule has 0 radical (unpaired) electrons. The Balaban J connectivity index is -0.00000000500. The number of hydrogen-bond donors (Lipinski definition) is 0. The van der Waals surface area contributed by atoms with Crippen LogP contribution in [0.5, 0.6) is 0 Å². The fourth-order valence-electron chi connectivity index (χ4n) is 0. The van der Waals surface area contributed by atoms with Crippen LogP contribution in [0.2, 0.25) is 0 Å². The molecular weight excluding hydrogens is 150 g/mol. The molecule has 0 aliphatic heterocycles. The quantitative estimate of drug-likeness (QED) is 0.343. The molecule has 0 atom stereocenters. The van der Waals surface area contributed by atoms with Gasteiger partial charge in [0.2, 0.25) is 0 Å². The maximum absolute atomic E-state index is 8.06. The summed E-state index contributed by atoms with van der Waals surface area (Å²) in [4.78, 5) is 0. The van der Waals surface area contributed by atoms with E-state index in [1.54, 1.807) is 15.9 Å². The van der Waals surface area contributed by atoms with E-state index in [9.17, 15) is 0 Å². The second kappa shape index (κ2) is 61.5. The van der Waals surface area contributed by atoms with Crippen LogP contribution in [0.3, 0.4) is 0 Å². The van der Waals surface area contributed by atoms with Gasteiger partial charge in [-0.1, -0.05) is 0 Å². The van der Waals surface area contributed by atoms with Crippen molar-refractivity contribution >= 4 is 0 Å². The molecule has 0 heterocycles. The van der Waals surface area contributed by atoms with Crippen LogP contribution in [0, 0.1) is 0 Å². The summed E-state index contributed by atoms with van der Waals surface area (Å²) in [7, 11) is 0. The van der Waals surface area contributed by atoms with Crippen LogP contribution in [0.25, 0.3) is 0 Å². The summed E-state index contributed by atoms with van der Waals surface area (Å²) in [6, 6.07) is 0. The van der Waals surface area contributed by atoms with Gasteiger partial charge in [0.15, 0.2) is 0 Å². The predicted molar refractivity (Wildman–Crippen MR) is 2.49 cm³/mol. The molecule has 0 unspecified atom stereocenters. The van der Waals surface area contributed by atoms with Gasteiger partial charge in [0, 0.05) is 0 Å². The van der Waals surface area contributed by atoms with E-state index in [1.165, 1.54) is 0 Å². The zero-order chi connectivity index (χ0) is 4.00. The number of rotatable bonds is 0. The molecule has 0 amide bonds. The van der Waals surface area contributed by atoms with Gasteiger partial charge >= 0.3 is 58.4 Å². The summed E-state index contributed by atoms with van der Waals surface area (Å²) in [6.07, 6.45) is 0. The molecule has 0 bridgehead atoms. The first-order valence-corrected chi connectivity index (χ1v) is 1.23. The third-order valence-electron chi connectivity index (χ3n) is 0. The third kappa shape index (κ3) is 35.9. The second-order valence-corrected chi connectivity index (χ2v) is 0. The first-order valence-electron chi connectivity index (χ1n) is 0.299. The van der Waals surface area contributed by atoms with Crippen LogP contribution in [0.15, 0.2) is 0 Å². The molecule has 0 aromatic heterocycles. The summed E-state index contributed by atoms with van der Waals surface area (Å²) < 4.78 is 16.1. The van der Waals surface area contributed by atoms with Crippen molar-refractivity contribution in [1.29, 1.82) is 0 Å². The SMILES string of the molecule is [H-].[Li+].[O]=[Fe].[O]=[Mn]. The first kappa shape index (κ1) is 16.3. The standard InChI is InChI=1S/Fe.Li.Mn.2O.H/q;+1;;;;-1. The molecule has 5 heteroatoms. The minimum absolute atomic E-state index is 0. The van der Waals surface area contributed by atoms with E-state index in [0.29, 0.717) is 0 Å². The Bertz CT molecular complexity index is 15.5. The molecule has 29 valence electrons. The van der Waals surface area contributed by atoms with Crippen molar-refractivity contribution in [3.63, 3.8) is 0 Å². The van der Waals surface area contributed by atoms with Crippen molar-refractivity contribution in [2.75, 3.05) is 0 Å². The summed E-state index contributed by atoms with van der Waals surface area (Å²) in [5.74, 6) is 0. The maximum atomic E-state index is 8.06. The van der Waals surface area contributed by atoms with Crippen LogP contribution in [0.4, 0.5) is 0 Å². The van der Waals surface area contributed by atoms with Crippen molar-refractivity contribution in [2.24, 2.45) is 0 Å². The molecule has 0 aliphatic carbocycles. The van der Waals surface area contributed by atoms with Gasteiger partial charge in [-0.25, -0.2) is 0 Å². The molecule has 0 rings (SSSR count). The molecule has 0 aromatic rings. The molecule has 0 spiro atoms. The average molecular weight is 151 g/mol. The summed E-state index contributed by atoms with van der Waals surface area (Å²) >= 11 is 3.69. The minimum atomic E-state index is 0. The van der Waals surface area contributed by atoms with Crippen LogP contribution in [-0.2, 0) is 39.6 Å². The number of hydrogen-bond acceptors (Lipinski definition) is 2. The first-order chi connectivity index (χ1) is 2.00. The molecule has 0 N–H and O–H groups in total. The Kier molecular flexibility index (Phi) is 201. The van der Waals surface area contributed by atoms with Gasteiger partial charge in [-0.15, -0.1) is 0 Å². The van der Waals surface area contributed by atoms with Gasteiger partial charge in [0.05, 0.1) is 0 Å². The van der Waals surface area contributed by atoms with Gasteiger partial charge in [0.1, 0.15) is 0 Å². The van der Waals surface area contributed by atoms with Crippen LogP contribution in [0.1, 0.15) is 1.43 Å². The van der Waals surface area contributed by atoms with Gasteiger partial charge < -0.3 is 1.43 Å². The normalized spacial score (nSPS) is 1.80. The molecule has 0 saturated heterocycles. The van der Waals surface area contributed by atoms with Crippen molar-refractivity contribution < 1.29 is 59.8 Å². The molecule has 0 saturated carbocycles. The Morgan fingerprint density at radius 1 is 1.40 bits per heavy atom. The molecule has 0 fully saturated rings. The topological polar surface area (TPSA) is 34.1 Å². The summed E-state index contributed by atoms with van der Waals surface area (Å²) in [6.45, 7) is 0. The van der Waals surface area contributed by atoms with Crippen LogP contribution in [-0.4, -0.2) is 0 Å². The zero-order valence-corrected chi connectivity index (χ0v) is 4.83. The monoisotopic (exact) mass is 151 g/mol. The Morgan fingerprint density at radius 2 is 1.40 bits per heavy atom. The molecule has 0 aliphatic rings. The zero-order valence-electron chi connectivity index (χ0n) is 3.55. The van der Waals surface area contributed by atoms with Gasteiger partial charge in [-0.05, 0) is 0 Å². The van der Waals surface area contributed by atoms with E-state index in [-0.39, 0.29) is 20.3 Å². The van der Waals surface area contributed by atoms with Gasteiger partial charge in [-0.3, -0.25) is 0 Å². The second-order valence-electron chi connectivity index (χ2n) is 0. The molecular formula is HFeLiMnO2. The Morgan fingerprint density at radius 3 is 1.40 bits per heavy atom. The third-order valence-corrected chi connectivity index (χ3v) is 0. The van der Waals surface area contributed by atoms with Crippen molar-refractivity contribution in [3.05, 3.63) is 0 Å². The van der Waals surface area contributed by atoms with E-state index >= 15 is 0 Å². The van der Waals surface area contributed by atoms with Crippen LogP contribution < -0.4 is 18.9 Å². The molecule has 2 nitrogen and oxygen atoms in total. The van der Waals surface area contributed by atoms with E-state index in [0.717, 1.165) is 0 Å². The van der Waals surface area contributed by atoms with E-state index in [1.807, 2.05) is 15.9 Å². The Labute approximate surface area is 59.8 Å². The predicted octanol–water partition coefficient (Wildman–Crippen LogP) is -3.13. The van der Waals surface area contributed by atoms with E-state index in [4.69, 9.17) is 7.67 Å². The van der Waals surface area contributed by atoms with Crippen molar-refractivity contribution in [3.8, 4) is 0 Å². The fourth-order valence-corrected chi connectivity index (χ4v) is 0. The Hall–Kier alpha value is 1.24. The van der Waals surface area contributed by atoms with Crippen molar-refractivity contribution in [1.82, 2.24) is 0 Å². The van der Waals surface area contributed by atoms with E-state index in [2.05, 4.69) is 0 Å². The van der Waals surface area contributed by atoms with Gasteiger partial charge in [0.25, 0.3) is 0 Å². The fraction of sp³-hybridized carbons (Fsp3) is 0. The van der Waals surface area contributed by atoms with Crippen molar-refractivity contribution in [2.45, 2.75) is 0 Å². The summed E-state index contributed by atoms with van der Waals surface area (Å²) in [5.41, 5.74) is 0. The van der Waals surface area contributed by atoms with E-state index < -0.39 is 0 Å². The summed E-state index contributed by atoms with van der Waals surface area (Å²) in [5, 5.41) is 0. The van der Waals surface area contributed by atoms with Gasteiger partial charge in [-0.2, -0.15) is 0 Å². The molecule has 0 aromatic carbocycles.